The Morgan fingerprint density at radius 3 is 3.09 bits per heavy atom. The smallest absolute Gasteiger partial charge is 0.279 e. The van der Waals surface area contributed by atoms with Crippen molar-refractivity contribution in [1.29, 1.82) is 0 Å². The third-order valence-corrected chi connectivity index (χ3v) is 1.20. The lowest BCUT2D eigenvalue weighted by Gasteiger charge is -1.88. The maximum Gasteiger partial charge on any atom is 0.279 e. The van der Waals surface area contributed by atoms with Gasteiger partial charge in [0.05, 0.1) is 6.33 Å². The standard InChI is InChI=1S/C5H3N5O/c11-5-3-4(7-1-8-5)10-9-2-6-3/h1-2H,(H,7,8,10,11). The third kappa shape index (κ3) is 0.841. The van der Waals surface area contributed by atoms with Crippen molar-refractivity contribution >= 4 is 11.2 Å². The fourth-order valence-electron chi connectivity index (χ4n) is 0.737. The molecule has 0 atom stereocenters. The molecule has 0 amide bonds. The number of hydrogen-bond donors (Lipinski definition) is 1. The second-order valence-corrected chi connectivity index (χ2v) is 1.86. The van der Waals surface area contributed by atoms with Gasteiger partial charge < -0.3 is 4.98 Å². The number of rotatable bonds is 0. The quantitative estimate of drug-likeness (QED) is 0.525. The molecule has 1 N–H and O–H groups in total. The molecule has 0 aliphatic rings. The van der Waals surface area contributed by atoms with Crippen LogP contribution in [-0.2, 0) is 0 Å². The summed E-state index contributed by atoms with van der Waals surface area (Å²) < 4.78 is 0. The van der Waals surface area contributed by atoms with Crippen molar-refractivity contribution < 1.29 is 0 Å². The summed E-state index contributed by atoms with van der Waals surface area (Å²) in [6.45, 7) is 0. The number of nitrogens with one attached hydrogen (secondary N) is 1. The molecule has 2 aromatic rings. The first-order valence-electron chi connectivity index (χ1n) is 2.89. The summed E-state index contributed by atoms with van der Waals surface area (Å²) in [5.41, 5.74) is 0.170. The molecule has 0 radical (unpaired) electrons. The first-order valence-corrected chi connectivity index (χ1v) is 2.89. The predicted molar refractivity (Wildman–Crippen MR) is 35.7 cm³/mol. The van der Waals surface area contributed by atoms with Gasteiger partial charge >= 0.3 is 0 Å². The van der Waals surface area contributed by atoms with Crippen LogP contribution in [0.15, 0.2) is 17.4 Å². The van der Waals surface area contributed by atoms with Crippen LogP contribution in [0.4, 0.5) is 0 Å². The van der Waals surface area contributed by atoms with Gasteiger partial charge in [0.1, 0.15) is 6.33 Å². The summed E-state index contributed by atoms with van der Waals surface area (Å²) in [6.07, 6.45) is 2.47. The zero-order valence-corrected chi connectivity index (χ0v) is 5.35. The summed E-state index contributed by atoms with van der Waals surface area (Å²) >= 11 is 0. The van der Waals surface area contributed by atoms with Gasteiger partial charge in [0.15, 0.2) is 5.52 Å². The van der Waals surface area contributed by atoms with Crippen molar-refractivity contribution in [3.8, 4) is 0 Å². The normalized spacial score (nSPS) is 10.2. The molecule has 54 valence electrons. The van der Waals surface area contributed by atoms with Crippen molar-refractivity contribution in [3.63, 3.8) is 0 Å². The minimum Gasteiger partial charge on any atom is -0.311 e. The van der Waals surface area contributed by atoms with Gasteiger partial charge in [-0.1, -0.05) is 0 Å². The Bertz CT molecular complexity index is 431. The number of aromatic amines is 1. The van der Waals surface area contributed by atoms with Crippen LogP contribution >= 0.6 is 0 Å². The van der Waals surface area contributed by atoms with Crippen molar-refractivity contribution in [2.75, 3.05) is 0 Å². The summed E-state index contributed by atoms with van der Waals surface area (Å²) in [5.74, 6) is 0. The maximum absolute atomic E-state index is 11.0. The predicted octanol–water partition coefficient (Wildman–Crippen LogP) is -0.892. The van der Waals surface area contributed by atoms with E-state index in [0.29, 0.717) is 0 Å². The van der Waals surface area contributed by atoms with Crippen LogP contribution in [0.25, 0.3) is 11.2 Å². The fraction of sp³-hybridized carbons (Fsp3) is 0. The molecule has 6 heteroatoms. The van der Waals surface area contributed by atoms with Crippen LogP contribution in [0.2, 0.25) is 0 Å². The van der Waals surface area contributed by atoms with E-state index in [1.165, 1.54) is 12.7 Å². The number of hydrogen-bond acceptors (Lipinski definition) is 5. The Hall–Kier alpha value is -1.85. The Labute approximate surface area is 60.3 Å². The fourth-order valence-corrected chi connectivity index (χ4v) is 0.737. The van der Waals surface area contributed by atoms with Crippen LogP contribution in [0.1, 0.15) is 0 Å². The molecular formula is C5H3N5O. The molecule has 6 nitrogen and oxygen atoms in total. The molecule has 0 saturated heterocycles. The second-order valence-electron chi connectivity index (χ2n) is 1.86. The molecule has 0 saturated carbocycles. The highest BCUT2D eigenvalue weighted by Crippen LogP contribution is 1.91. The lowest BCUT2D eigenvalue weighted by Crippen LogP contribution is -2.09. The van der Waals surface area contributed by atoms with E-state index in [1.54, 1.807) is 0 Å². The van der Waals surface area contributed by atoms with Crippen molar-refractivity contribution in [3.05, 3.63) is 23.0 Å². The van der Waals surface area contributed by atoms with Gasteiger partial charge in [0.25, 0.3) is 5.56 Å². The summed E-state index contributed by atoms with van der Waals surface area (Å²) in [5, 5.41) is 7.08. The molecule has 2 aromatic heterocycles. The highest BCUT2D eigenvalue weighted by molar-refractivity contribution is 5.65. The van der Waals surface area contributed by atoms with Crippen LogP contribution in [0.5, 0.6) is 0 Å². The van der Waals surface area contributed by atoms with E-state index in [2.05, 4.69) is 25.1 Å². The van der Waals surface area contributed by atoms with Crippen molar-refractivity contribution in [2.45, 2.75) is 0 Å². The van der Waals surface area contributed by atoms with Crippen LogP contribution in [0, 0.1) is 0 Å². The molecule has 0 bridgehead atoms. The molecule has 0 aromatic carbocycles. The van der Waals surface area contributed by atoms with Gasteiger partial charge in [-0.25, -0.2) is 9.97 Å². The molecule has 0 aliphatic carbocycles. The largest absolute Gasteiger partial charge is 0.311 e. The number of aromatic nitrogens is 5. The molecule has 11 heavy (non-hydrogen) atoms. The molecule has 2 heterocycles. The van der Waals surface area contributed by atoms with Crippen molar-refractivity contribution in [2.24, 2.45) is 0 Å². The first-order chi connectivity index (χ1) is 5.38. The Morgan fingerprint density at radius 2 is 2.27 bits per heavy atom. The minimum atomic E-state index is -0.301. The topological polar surface area (TPSA) is 84.4 Å². The van der Waals surface area contributed by atoms with Gasteiger partial charge in [0, 0.05) is 0 Å². The van der Waals surface area contributed by atoms with Crippen LogP contribution in [-0.4, -0.2) is 25.1 Å². The van der Waals surface area contributed by atoms with Crippen molar-refractivity contribution in [1.82, 2.24) is 25.1 Å². The van der Waals surface area contributed by atoms with Gasteiger partial charge in [0.2, 0.25) is 5.65 Å². The Kier molecular flexibility index (Phi) is 1.12. The van der Waals surface area contributed by atoms with E-state index >= 15 is 0 Å². The second kappa shape index (κ2) is 2.08. The van der Waals surface area contributed by atoms with E-state index in [9.17, 15) is 4.79 Å². The number of H-pyrrole nitrogens is 1. The van der Waals surface area contributed by atoms with Gasteiger partial charge in [-0.3, -0.25) is 4.79 Å². The van der Waals surface area contributed by atoms with E-state index in [1.807, 2.05) is 0 Å². The van der Waals surface area contributed by atoms with E-state index in [0.717, 1.165) is 0 Å². The lowest BCUT2D eigenvalue weighted by atomic mass is 10.5. The van der Waals surface area contributed by atoms with Gasteiger partial charge in [-0.05, 0) is 0 Å². The first kappa shape index (κ1) is 5.90. The molecular weight excluding hydrogens is 146 g/mol. The summed E-state index contributed by atoms with van der Waals surface area (Å²) in [4.78, 5) is 20.8. The zero-order chi connectivity index (χ0) is 7.68. The van der Waals surface area contributed by atoms with E-state index < -0.39 is 0 Å². The van der Waals surface area contributed by atoms with Crippen LogP contribution in [0.3, 0.4) is 0 Å². The number of nitrogens with zero attached hydrogens (tertiary/aromatic N) is 4. The average molecular weight is 149 g/mol. The number of fused-ring (bicyclic) bond motifs is 1. The zero-order valence-electron chi connectivity index (χ0n) is 5.35. The molecule has 0 fully saturated rings. The average Bonchev–Trinajstić information content (AvgIpc) is 2.06. The summed E-state index contributed by atoms with van der Waals surface area (Å²) in [7, 11) is 0. The lowest BCUT2D eigenvalue weighted by molar-refractivity contribution is 0.980. The Morgan fingerprint density at radius 1 is 1.36 bits per heavy atom. The highest BCUT2D eigenvalue weighted by Gasteiger charge is 1.98. The third-order valence-electron chi connectivity index (χ3n) is 1.20. The highest BCUT2D eigenvalue weighted by atomic mass is 16.1. The molecule has 0 spiro atoms. The van der Waals surface area contributed by atoms with Gasteiger partial charge in [-0.15, -0.1) is 10.2 Å². The Balaban J connectivity index is 3.03. The van der Waals surface area contributed by atoms with E-state index in [4.69, 9.17) is 0 Å². The minimum absolute atomic E-state index is 0.211. The molecule has 2 rings (SSSR count). The molecule has 0 aliphatic heterocycles. The molecule has 0 unspecified atom stereocenters. The van der Waals surface area contributed by atoms with Gasteiger partial charge in [-0.2, -0.15) is 0 Å². The summed E-state index contributed by atoms with van der Waals surface area (Å²) in [6, 6.07) is 0. The monoisotopic (exact) mass is 149 g/mol. The van der Waals surface area contributed by atoms with Crippen LogP contribution < -0.4 is 5.56 Å². The van der Waals surface area contributed by atoms with E-state index in [-0.39, 0.29) is 16.7 Å². The SMILES string of the molecule is O=c1[nH]cnc2nncnc12. The maximum atomic E-state index is 11.0.